The summed E-state index contributed by atoms with van der Waals surface area (Å²) in [5.74, 6) is 2.42. The van der Waals surface area contributed by atoms with Crippen LogP contribution in [0.3, 0.4) is 0 Å². The minimum absolute atomic E-state index is 0.617. The Morgan fingerprint density at radius 1 is 1.17 bits per heavy atom. The van der Waals surface area contributed by atoms with Crippen molar-refractivity contribution in [2.45, 2.75) is 32.7 Å². The van der Waals surface area contributed by atoms with Gasteiger partial charge in [-0.2, -0.15) is 0 Å². The summed E-state index contributed by atoms with van der Waals surface area (Å²) in [6, 6.07) is 0.703. The topological polar surface area (TPSA) is 58.3 Å². The van der Waals surface area contributed by atoms with E-state index < -0.39 is 0 Å². The fourth-order valence-corrected chi connectivity index (χ4v) is 3.13. The summed E-state index contributed by atoms with van der Waals surface area (Å²) < 4.78 is 0. The van der Waals surface area contributed by atoms with Crippen molar-refractivity contribution in [1.82, 2.24) is 14.9 Å². The van der Waals surface area contributed by atoms with Crippen LogP contribution in [-0.2, 0) is 0 Å². The maximum atomic E-state index is 5.95. The lowest BCUT2D eigenvalue weighted by Gasteiger charge is -2.38. The van der Waals surface area contributed by atoms with Crippen molar-refractivity contribution >= 4 is 11.6 Å². The van der Waals surface area contributed by atoms with Gasteiger partial charge in [-0.1, -0.05) is 0 Å². The fraction of sp³-hybridized carbons (Fsp3) is 0.692. The van der Waals surface area contributed by atoms with Crippen molar-refractivity contribution in [3.05, 3.63) is 11.4 Å². The minimum atomic E-state index is 0.617. The van der Waals surface area contributed by atoms with Crippen LogP contribution in [0.2, 0.25) is 0 Å². The van der Waals surface area contributed by atoms with E-state index in [4.69, 9.17) is 5.73 Å². The number of hydrogen-bond donors (Lipinski definition) is 1. The van der Waals surface area contributed by atoms with Gasteiger partial charge in [0.2, 0.25) is 0 Å². The van der Waals surface area contributed by atoms with Crippen molar-refractivity contribution < 1.29 is 0 Å². The number of nitrogens with zero attached hydrogens (tertiary/aromatic N) is 4. The van der Waals surface area contributed by atoms with Gasteiger partial charge in [0.25, 0.3) is 0 Å². The first-order valence-electron chi connectivity index (χ1n) is 6.75. The molecule has 0 bridgehead atoms. The molecule has 5 nitrogen and oxygen atoms in total. The Balaban J connectivity index is 1.87. The number of fused-ring (bicyclic) bond motifs is 1. The lowest BCUT2D eigenvalue weighted by molar-refractivity contribution is 0.230. The molecular formula is C13H21N5. The van der Waals surface area contributed by atoms with Crippen LogP contribution in [0.25, 0.3) is 0 Å². The standard InChI is InChI=1S/C13H21N5/c1-9-12(14)15-10(2)16-13(9)18-7-6-17-5-3-4-11(17)8-18/h11H,3-8H2,1-2H3,(H2,14,15,16). The average Bonchev–Trinajstić information content (AvgIpc) is 2.80. The molecule has 0 aliphatic carbocycles. The number of piperazine rings is 1. The van der Waals surface area contributed by atoms with Gasteiger partial charge < -0.3 is 10.6 Å². The first kappa shape index (κ1) is 11.7. The summed E-state index contributed by atoms with van der Waals surface area (Å²) in [7, 11) is 0. The van der Waals surface area contributed by atoms with Gasteiger partial charge in [0, 0.05) is 31.2 Å². The van der Waals surface area contributed by atoms with E-state index in [1.165, 1.54) is 19.4 Å². The molecule has 1 aromatic rings. The number of aryl methyl sites for hydroxylation is 1. The monoisotopic (exact) mass is 247 g/mol. The van der Waals surface area contributed by atoms with Gasteiger partial charge in [0.15, 0.2) is 0 Å². The van der Waals surface area contributed by atoms with Gasteiger partial charge in [-0.25, -0.2) is 9.97 Å². The summed E-state index contributed by atoms with van der Waals surface area (Å²) in [6.07, 6.45) is 2.65. The Labute approximate surface area is 108 Å². The van der Waals surface area contributed by atoms with Crippen molar-refractivity contribution in [2.24, 2.45) is 0 Å². The predicted octanol–water partition coefficient (Wildman–Crippen LogP) is 0.960. The Kier molecular flexibility index (Phi) is 2.86. The Bertz CT molecular complexity index is 459. The molecule has 2 N–H and O–H groups in total. The Hall–Kier alpha value is -1.36. The zero-order valence-electron chi connectivity index (χ0n) is 11.2. The van der Waals surface area contributed by atoms with Crippen LogP contribution in [0.1, 0.15) is 24.2 Å². The third-order valence-corrected chi connectivity index (χ3v) is 4.16. The molecule has 1 unspecified atom stereocenters. The third kappa shape index (κ3) is 1.92. The van der Waals surface area contributed by atoms with Gasteiger partial charge in [-0.3, -0.25) is 4.90 Å². The number of hydrogen-bond acceptors (Lipinski definition) is 5. The molecule has 0 saturated carbocycles. The van der Waals surface area contributed by atoms with E-state index in [-0.39, 0.29) is 0 Å². The van der Waals surface area contributed by atoms with E-state index in [1.54, 1.807) is 0 Å². The number of aromatic nitrogens is 2. The molecule has 1 aromatic heterocycles. The summed E-state index contributed by atoms with van der Waals surface area (Å²) in [6.45, 7) is 8.47. The summed E-state index contributed by atoms with van der Waals surface area (Å²) >= 11 is 0. The lowest BCUT2D eigenvalue weighted by Crippen LogP contribution is -2.50. The molecule has 2 aliphatic rings. The lowest BCUT2D eigenvalue weighted by atomic mass is 10.1. The van der Waals surface area contributed by atoms with Crippen LogP contribution in [0, 0.1) is 13.8 Å². The summed E-state index contributed by atoms with van der Waals surface area (Å²) in [5, 5.41) is 0. The van der Waals surface area contributed by atoms with Crippen molar-refractivity contribution in [3.8, 4) is 0 Å². The van der Waals surface area contributed by atoms with E-state index >= 15 is 0 Å². The maximum absolute atomic E-state index is 5.95. The number of anilines is 2. The summed E-state index contributed by atoms with van der Waals surface area (Å²) in [4.78, 5) is 13.8. The number of rotatable bonds is 1. The van der Waals surface area contributed by atoms with Crippen LogP contribution in [-0.4, -0.2) is 47.1 Å². The average molecular weight is 247 g/mol. The first-order valence-corrected chi connectivity index (χ1v) is 6.75. The quantitative estimate of drug-likeness (QED) is 0.801. The molecule has 2 saturated heterocycles. The molecule has 1 atom stereocenters. The largest absolute Gasteiger partial charge is 0.383 e. The SMILES string of the molecule is Cc1nc(N)c(C)c(N2CCN3CCCC3C2)n1. The molecular weight excluding hydrogens is 226 g/mol. The van der Waals surface area contributed by atoms with E-state index in [9.17, 15) is 0 Å². The molecule has 5 heteroatoms. The highest BCUT2D eigenvalue weighted by Gasteiger charge is 2.31. The van der Waals surface area contributed by atoms with Crippen molar-refractivity contribution in [3.63, 3.8) is 0 Å². The highest BCUT2D eigenvalue weighted by Crippen LogP contribution is 2.27. The zero-order valence-corrected chi connectivity index (χ0v) is 11.2. The zero-order chi connectivity index (χ0) is 12.7. The van der Waals surface area contributed by atoms with Crippen LogP contribution < -0.4 is 10.6 Å². The minimum Gasteiger partial charge on any atom is -0.383 e. The molecule has 0 radical (unpaired) electrons. The molecule has 0 aromatic carbocycles. The highest BCUT2D eigenvalue weighted by molar-refractivity contribution is 5.56. The van der Waals surface area contributed by atoms with E-state index in [0.29, 0.717) is 11.9 Å². The van der Waals surface area contributed by atoms with Gasteiger partial charge in [0.05, 0.1) is 0 Å². The number of nitrogen functional groups attached to an aromatic ring is 1. The second kappa shape index (κ2) is 4.39. The van der Waals surface area contributed by atoms with E-state index in [0.717, 1.165) is 36.8 Å². The molecule has 0 spiro atoms. The second-order valence-electron chi connectivity index (χ2n) is 5.38. The van der Waals surface area contributed by atoms with Gasteiger partial charge in [0.1, 0.15) is 17.5 Å². The number of nitrogens with two attached hydrogens (primary N) is 1. The molecule has 3 rings (SSSR count). The van der Waals surface area contributed by atoms with Gasteiger partial charge >= 0.3 is 0 Å². The van der Waals surface area contributed by atoms with E-state index in [2.05, 4.69) is 19.8 Å². The molecule has 98 valence electrons. The van der Waals surface area contributed by atoms with Crippen LogP contribution in [0.15, 0.2) is 0 Å². The molecule has 2 aliphatic heterocycles. The third-order valence-electron chi connectivity index (χ3n) is 4.16. The van der Waals surface area contributed by atoms with Crippen molar-refractivity contribution in [2.75, 3.05) is 36.8 Å². The smallest absolute Gasteiger partial charge is 0.137 e. The molecule has 18 heavy (non-hydrogen) atoms. The normalized spacial score (nSPS) is 24.3. The fourth-order valence-electron chi connectivity index (χ4n) is 3.13. The van der Waals surface area contributed by atoms with Crippen molar-refractivity contribution in [1.29, 1.82) is 0 Å². The van der Waals surface area contributed by atoms with Crippen LogP contribution in [0.5, 0.6) is 0 Å². The van der Waals surface area contributed by atoms with Gasteiger partial charge in [-0.15, -0.1) is 0 Å². The summed E-state index contributed by atoms with van der Waals surface area (Å²) in [5.41, 5.74) is 6.97. The molecule has 3 heterocycles. The Morgan fingerprint density at radius 3 is 2.83 bits per heavy atom. The maximum Gasteiger partial charge on any atom is 0.137 e. The van der Waals surface area contributed by atoms with Crippen LogP contribution >= 0.6 is 0 Å². The van der Waals surface area contributed by atoms with Gasteiger partial charge in [-0.05, 0) is 33.2 Å². The second-order valence-corrected chi connectivity index (χ2v) is 5.38. The van der Waals surface area contributed by atoms with E-state index in [1.807, 2.05) is 13.8 Å². The molecule has 2 fully saturated rings. The van der Waals surface area contributed by atoms with Crippen LogP contribution in [0.4, 0.5) is 11.6 Å². The highest BCUT2D eigenvalue weighted by atomic mass is 15.3. The first-order chi connectivity index (χ1) is 8.65. The Morgan fingerprint density at radius 2 is 2.00 bits per heavy atom. The molecule has 0 amide bonds. The predicted molar refractivity (Wildman–Crippen MR) is 72.7 cm³/mol.